The third-order valence-corrected chi connectivity index (χ3v) is 2.97. The number of rotatable bonds is 3. The highest BCUT2D eigenvalue weighted by Crippen LogP contribution is 2.10. The maximum atomic E-state index is 5.86. The summed E-state index contributed by atoms with van der Waals surface area (Å²) in [6.07, 6.45) is 1.81. The van der Waals surface area contributed by atoms with Crippen molar-refractivity contribution in [3.63, 3.8) is 0 Å². The lowest BCUT2D eigenvalue weighted by Gasteiger charge is -2.20. The molecule has 0 atom stereocenters. The molecule has 0 spiro atoms. The number of halogens is 1. The molecular formula is C16H25IN6. The zero-order valence-electron chi connectivity index (χ0n) is 14.3. The van der Waals surface area contributed by atoms with E-state index in [0.717, 1.165) is 22.8 Å². The summed E-state index contributed by atoms with van der Waals surface area (Å²) in [7, 11) is 0. The van der Waals surface area contributed by atoms with Crippen LogP contribution in [0.3, 0.4) is 0 Å². The van der Waals surface area contributed by atoms with Crippen LogP contribution >= 0.6 is 24.0 Å². The van der Waals surface area contributed by atoms with E-state index in [0.29, 0.717) is 12.5 Å². The largest absolute Gasteiger partial charge is 0.370 e. The monoisotopic (exact) mass is 428 g/mol. The van der Waals surface area contributed by atoms with Gasteiger partial charge < -0.3 is 11.1 Å². The van der Waals surface area contributed by atoms with Gasteiger partial charge in [-0.25, -0.2) is 14.7 Å². The van der Waals surface area contributed by atoms with Gasteiger partial charge in [-0.05, 0) is 52.3 Å². The zero-order chi connectivity index (χ0) is 16.3. The minimum atomic E-state index is -0.0921. The lowest BCUT2D eigenvalue weighted by molar-refractivity contribution is 0.508. The van der Waals surface area contributed by atoms with E-state index in [2.05, 4.69) is 20.4 Å². The van der Waals surface area contributed by atoms with Crippen molar-refractivity contribution in [1.82, 2.24) is 20.1 Å². The van der Waals surface area contributed by atoms with Gasteiger partial charge in [0.05, 0.1) is 12.2 Å². The van der Waals surface area contributed by atoms with Crippen molar-refractivity contribution in [2.24, 2.45) is 10.7 Å². The molecule has 0 aliphatic heterocycles. The summed E-state index contributed by atoms with van der Waals surface area (Å²) >= 11 is 0. The molecule has 7 heteroatoms. The minimum absolute atomic E-state index is 0. The molecule has 0 saturated carbocycles. The van der Waals surface area contributed by atoms with Gasteiger partial charge in [0.25, 0.3) is 0 Å². The van der Waals surface area contributed by atoms with Crippen LogP contribution < -0.4 is 11.1 Å². The lowest BCUT2D eigenvalue weighted by Crippen LogP contribution is -2.44. The summed E-state index contributed by atoms with van der Waals surface area (Å²) in [6.45, 7) is 10.6. The predicted octanol–water partition coefficient (Wildman–Crippen LogP) is 2.70. The quantitative estimate of drug-likeness (QED) is 0.448. The number of aliphatic imine (C=N–C) groups is 1. The molecule has 0 aliphatic carbocycles. The number of hydrogen-bond acceptors (Lipinski definition) is 3. The predicted molar refractivity (Wildman–Crippen MR) is 104 cm³/mol. The minimum Gasteiger partial charge on any atom is -0.370 e. The highest BCUT2D eigenvalue weighted by atomic mass is 127. The van der Waals surface area contributed by atoms with Crippen LogP contribution in [0.15, 0.2) is 29.4 Å². The van der Waals surface area contributed by atoms with Crippen molar-refractivity contribution in [3.8, 4) is 5.82 Å². The molecule has 2 aromatic heterocycles. The molecule has 2 rings (SSSR count). The molecule has 0 saturated heterocycles. The van der Waals surface area contributed by atoms with E-state index in [9.17, 15) is 0 Å². The summed E-state index contributed by atoms with van der Waals surface area (Å²) in [5.74, 6) is 1.24. The number of guanidine groups is 1. The van der Waals surface area contributed by atoms with Gasteiger partial charge in [0, 0.05) is 17.4 Å². The Kier molecular flexibility index (Phi) is 6.55. The first kappa shape index (κ1) is 19.4. The van der Waals surface area contributed by atoms with Crippen molar-refractivity contribution in [3.05, 3.63) is 41.3 Å². The summed E-state index contributed by atoms with van der Waals surface area (Å²) in [5, 5.41) is 7.55. The average molecular weight is 428 g/mol. The van der Waals surface area contributed by atoms with Crippen molar-refractivity contribution in [1.29, 1.82) is 0 Å². The molecule has 6 nitrogen and oxygen atoms in total. The third-order valence-electron chi connectivity index (χ3n) is 2.97. The second-order valence-electron chi connectivity index (χ2n) is 6.44. The second kappa shape index (κ2) is 7.76. The Morgan fingerprint density at radius 3 is 2.48 bits per heavy atom. The van der Waals surface area contributed by atoms with Crippen molar-refractivity contribution in [2.45, 2.75) is 46.7 Å². The average Bonchev–Trinajstić information content (AvgIpc) is 2.74. The maximum absolute atomic E-state index is 5.86. The van der Waals surface area contributed by atoms with E-state index in [4.69, 9.17) is 5.73 Å². The number of aromatic nitrogens is 3. The second-order valence-corrected chi connectivity index (χ2v) is 6.44. The van der Waals surface area contributed by atoms with E-state index < -0.39 is 0 Å². The molecule has 0 unspecified atom stereocenters. The Hall–Kier alpha value is -1.64. The Morgan fingerprint density at radius 1 is 1.30 bits per heavy atom. The van der Waals surface area contributed by atoms with Gasteiger partial charge in [0.15, 0.2) is 11.8 Å². The smallest absolute Gasteiger partial charge is 0.189 e. The van der Waals surface area contributed by atoms with Gasteiger partial charge in [-0.1, -0.05) is 6.07 Å². The van der Waals surface area contributed by atoms with E-state index in [1.54, 1.807) is 6.20 Å². The number of nitrogens with one attached hydrogen (secondary N) is 1. The van der Waals surface area contributed by atoms with Gasteiger partial charge in [-0.2, -0.15) is 5.10 Å². The van der Waals surface area contributed by atoms with Crippen LogP contribution in [0.4, 0.5) is 0 Å². The van der Waals surface area contributed by atoms with Crippen molar-refractivity contribution < 1.29 is 0 Å². The Bertz CT molecular complexity index is 667. The molecule has 2 heterocycles. The molecule has 0 fully saturated rings. The fraction of sp³-hybridized carbons (Fsp3) is 0.438. The molecule has 0 bridgehead atoms. The van der Waals surface area contributed by atoms with Gasteiger partial charge >= 0.3 is 0 Å². The van der Waals surface area contributed by atoms with Gasteiger partial charge in [-0.3, -0.25) is 0 Å². The van der Waals surface area contributed by atoms with E-state index in [1.165, 1.54) is 0 Å². The molecule has 0 radical (unpaired) electrons. The summed E-state index contributed by atoms with van der Waals surface area (Å²) in [4.78, 5) is 8.77. The maximum Gasteiger partial charge on any atom is 0.189 e. The standard InChI is InChI=1S/C16H24N6.HI/c1-11-8-12(2)22(21-11)14-7-6-13(9-18-14)10-19-15(17)20-16(3,4)5;/h6-9H,10H2,1-5H3,(H3,17,19,20);1H. The fourth-order valence-electron chi connectivity index (χ4n) is 2.10. The van der Waals surface area contributed by atoms with Gasteiger partial charge in [-0.15, -0.1) is 24.0 Å². The molecular weight excluding hydrogens is 403 g/mol. The van der Waals surface area contributed by atoms with E-state index >= 15 is 0 Å². The first-order valence-corrected chi connectivity index (χ1v) is 7.31. The first-order chi connectivity index (χ1) is 10.2. The summed E-state index contributed by atoms with van der Waals surface area (Å²) in [6, 6.07) is 5.96. The number of aryl methyl sites for hydroxylation is 2. The van der Waals surface area contributed by atoms with Crippen LogP contribution in [0.2, 0.25) is 0 Å². The van der Waals surface area contributed by atoms with Gasteiger partial charge in [0.1, 0.15) is 0 Å². The molecule has 126 valence electrons. The molecule has 23 heavy (non-hydrogen) atoms. The third kappa shape index (κ3) is 5.81. The van der Waals surface area contributed by atoms with Crippen LogP contribution in [-0.4, -0.2) is 26.3 Å². The topological polar surface area (TPSA) is 81.1 Å². The highest BCUT2D eigenvalue weighted by Gasteiger charge is 2.09. The van der Waals surface area contributed by atoms with Crippen LogP contribution in [0.1, 0.15) is 37.7 Å². The molecule has 0 aliphatic rings. The highest BCUT2D eigenvalue weighted by molar-refractivity contribution is 14.0. The normalized spacial score (nSPS) is 12.0. The lowest BCUT2D eigenvalue weighted by atomic mass is 10.1. The Balaban J connectivity index is 0.00000264. The molecule has 3 N–H and O–H groups in total. The first-order valence-electron chi connectivity index (χ1n) is 7.31. The van der Waals surface area contributed by atoms with Crippen LogP contribution in [0.5, 0.6) is 0 Å². The van der Waals surface area contributed by atoms with Gasteiger partial charge in [0.2, 0.25) is 0 Å². The Morgan fingerprint density at radius 2 is 2.00 bits per heavy atom. The molecule has 0 amide bonds. The van der Waals surface area contributed by atoms with Crippen molar-refractivity contribution in [2.75, 3.05) is 0 Å². The van der Waals surface area contributed by atoms with Crippen LogP contribution in [-0.2, 0) is 6.54 Å². The van der Waals surface area contributed by atoms with Crippen molar-refractivity contribution >= 4 is 29.9 Å². The Labute approximate surface area is 154 Å². The van der Waals surface area contributed by atoms with E-state index in [1.807, 2.05) is 57.5 Å². The molecule has 2 aromatic rings. The van der Waals surface area contributed by atoms with Crippen LogP contribution in [0.25, 0.3) is 5.82 Å². The van der Waals surface area contributed by atoms with E-state index in [-0.39, 0.29) is 29.5 Å². The summed E-state index contributed by atoms with van der Waals surface area (Å²) in [5.41, 5.74) is 8.81. The number of hydrogen-bond donors (Lipinski definition) is 2. The van der Waals surface area contributed by atoms with Crippen LogP contribution in [0, 0.1) is 13.8 Å². The number of nitrogens with two attached hydrogens (primary N) is 1. The molecule has 0 aromatic carbocycles. The fourth-order valence-corrected chi connectivity index (χ4v) is 2.10. The number of nitrogens with zero attached hydrogens (tertiary/aromatic N) is 4. The summed E-state index contributed by atoms with van der Waals surface area (Å²) < 4.78 is 1.83. The SMILES string of the molecule is Cc1cc(C)n(-c2ccc(CN=C(N)NC(C)(C)C)cn2)n1.I. The number of pyridine rings is 1. The zero-order valence-corrected chi connectivity index (χ0v) is 16.6.